The number of hydrogen-bond donors (Lipinski definition) is 1. The molecule has 2 fully saturated rings. The highest BCUT2D eigenvalue weighted by Crippen LogP contribution is 2.32. The van der Waals surface area contributed by atoms with Gasteiger partial charge in [-0.15, -0.1) is 24.0 Å². The fourth-order valence-electron chi connectivity index (χ4n) is 3.51. The molecule has 0 radical (unpaired) electrons. The molecule has 10 heteroatoms. The van der Waals surface area contributed by atoms with Crippen molar-refractivity contribution in [2.45, 2.75) is 19.2 Å². The highest BCUT2D eigenvalue weighted by Gasteiger charge is 2.32. The van der Waals surface area contributed by atoms with Crippen molar-refractivity contribution in [1.29, 1.82) is 0 Å². The van der Waals surface area contributed by atoms with Gasteiger partial charge in [0.15, 0.2) is 5.96 Å². The minimum Gasteiger partial charge on any atom is -0.379 e. The molecule has 6 nitrogen and oxygen atoms in total. The molecule has 0 aliphatic carbocycles. The Morgan fingerprint density at radius 1 is 1.20 bits per heavy atom. The Morgan fingerprint density at radius 3 is 2.67 bits per heavy atom. The second-order valence-corrected chi connectivity index (χ2v) is 7.12. The molecule has 0 saturated carbocycles. The maximum atomic E-state index is 13.0. The maximum Gasteiger partial charge on any atom is 0.416 e. The van der Waals surface area contributed by atoms with E-state index in [2.05, 4.69) is 15.1 Å². The molecule has 1 aromatic rings. The van der Waals surface area contributed by atoms with Gasteiger partial charge >= 0.3 is 6.18 Å². The van der Waals surface area contributed by atoms with E-state index in [1.165, 1.54) is 12.1 Å². The molecule has 2 heterocycles. The second kappa shape index (κ2) is 12.1. The zero-order valence-electron chi connectivity index (χ0n) is 17.2. The van der Waals surface area contributed by atoms with E-state index in [9.17, 15) is 13.2 Å². The minimum atomic E-state index is -4.36. The van der Waals surface area contributed by atoms with Crippen LogP contribution in [0.25, 0.3) is 0 Å². The van der Waals surface area contributed by atoms with Crippen LogP contribution >= 0.6 is 24.0 Å². The van der Waals surface area contributed by atoms with Crippen LogP contribution in [0.4, 0.5) is 13.2 Å². The SMILES string of the molecule is CCNC(=NCCN1CCOCC1)N1CCOC(c2cccc(C(F)(F)F)c2)C1.I. The lowest BCUT2D eigenvalue weighted by molar-refractivity contribution is -0.137. The first-order chi connectivity index (χ1) is 14.0. The highest BCUT2D eigenvalue weighted by molar-refractivity contribution is 14.0. The van der Waals surface area contributed by atoms with E-state index in [1.807, 2.05) is 6.92 Å². The number of morpholine rings is 2. The topological polar surface area (TPSA) is 49.3 Å². The number of halogens is 4. The molecule has 2 saturated heterocycles. The van der Waals surface area contributed by atoms with Crippen LogP contribution < -0.4 is 5.32 Å². The summed E-state index contributed by atoms with van der Waals surface area (Å²) in [4.78, 5) is 9.12. The van der Waals surface area contributed by atoms with Crippen molar-refractivity contribution in [3.05, 3.63) is 35.4 Å². The first-order valence-electron chi connectivity index (χ1n) is 10.1. The third-order valence-electron chi connectivity index (χ3n) is 5.07. The van der Waals surface area contributed by atoms with Crippen LogP contribution in [0, 0.1) is 0 Å². The van der Waals surface area contributed by atoms with E-state index in [4.69, 9.17) is 14.5 Å². The van der Waals surface area contributed by atoms with Crippen LogP contribution in [0.15, 0.2) is 29.3 Å². The summed E-state index contributed by atoms with van der Waals surface area (Å²) in [5.41, 5.74) is -0.115. The number of guanidine groups is 1. The van der Waals surface area contributed by atoms with Gasteiger partial charge in [-0.05, 0) is 24.6 Å². The molecule has 0 aromatic heterocycles. The van der Waals surface area contributed by atoms with Crippen LogP contribution in [0.2, 0.25) is 0 Å². The number of aliphatic imine (C=N–C) groups is 1. The smallest absolute Gasteiger partial charge is 0.379 e. The van der Waals surface area contributed by atoms with Gasteiger partial charge in [0.1, 0.15) is 6.10 Å². The Bertz CT molecular complexity index is 684. The van der Waals surface area contributed by atoms with E-state index in [1.54, 1.807) is 6.07 Å². The van der Waals surface area contributed by atoms with Gasteiger partial charge in [0, 0.05) is 32.7 Å². The van der Waals surface area contributed by atoms with Crippen molar-refractivity contribution in [3.63, 3.8) is 0 Å². The van der Waals surface area contributed by atoms with Gasteiger partial charge in [-0.2, -0.15) is 13.2 Å². The predicted octanol–water partition coefficient (Wildman–Crippen LogP) is 2.99. The summed E-state index contributed by atoms with van der Waals surface area (Å²) >= 11 is 0. The van der Waals surface area contributed by atoms with Crippen LogP contribution in [0.3, 0.4) is 0 Å². The number of rotatable bonds is 5. The first kappa shape index (κ1) is 25.2. The molecule has 1 atom stereocenters. The standard InChI is InChI=1S/C20H29F3N4O2.HI/c1-2-24-19(25-6-7-26-8-11-28-12-9-26)27-10-13-29-18(15-27)16-4-3-5-17(14-16)20(21,22)23;/h3-5,14,18H,2,6-13,15H2,1H3,(H,24,25);1H. The average molecular weight is 542 g/mol. The van der Waals surface area contributed by atoms with Gasteiger partial charge < -0.3 is 19.7 Å². The molecule has 0 spiro atoms. The molecule has 1 unspecified atom stereocenters. The van der Waals surface area contributed by atoms with Crippen molar-refractivity contribution in [2.24, 2.45) is 4.99 Å². The fraction of sp³-hybridized carbons (Fsp3) is 0.650. The Kier molecular flexibility index (Phi) is 10.1. The van der Waals surface area contributed by atoms with E-state index in [0.29, 0.717) is 31.8 Å². The summed E-state index contributed by atoms with van der Waals surface area (Å²) in [5.74, 6) is 0.779. The molecular formula is C20H30F3IN4O2. The Hall–Kier alpha value is -1.11. The Labute approximate surface area is 192 Å². The Balaban J connectivity index is 0.00000320. The molecule has 1 aromatic carbocycles. The summed E-state index contributed by atoms with van der Waals surface area (Å²) < 4.78 is 50.3. The zero-order chi connectivity index (χ0) is 20.7. The van der Waals surface area contributed by atoms with Crippen molar-refractivity contribution in [1.82, 2.24) is 15.1 Å². The van der Waals surface area contributed by atoms with Crippen LogP contribution in [0.5, 0.6) is 0 Å². The maximum absolute atomic E-state index is 13.0. The molecule has 0 bridgehead atoms. The lowest BCUT2D eigenvalue weighted by Gasteiger charge is -2.35. The summed E-state index contributed by atoms with van der Waals surface area (Å²) in [6, 6.07) is 5.38. The Morgan fingerprint density at radius 2 is 1.97 bits per heavy atom. The van der Waals surface area contributed by atoms with Gasteiger partial charge in [-0.3, -0.25) is 9.89 Å². The molecule has 30 heavy (non-hydrogen) atoms. The van der Waals surface area contributed by atoms with E-state index >= 15 is 0 Å². The lowest BCUT2D eigenvalue weighted by Crippen LogP contribution is -2.48. The van der Waals surface area contributed by atoms with Crippen molar-refractivity contribution in [2.75, 3.05) is 65.6 Å². The molecule has 2 aliphatic rings. The quantitative estimate of drug-likeness (QED) is 0.353. The fourth-order valence-corrected chi connectivity index (χ4v) is 3.51. The van der Waals surface area contributed by atoms with Crippen LogP contribution in [0.1, 0.15) is 24.2 Å². The molecule has 2 aliphatic heterocycles. The van der Waals surface area contributed by atoms with E-state index in [0.717, 1.165) is 51.4 Å². The number of nitrogens with one attached hydrogen (secondary N) is 1. The average Bonchev–Trinajstić information content (AvgIpc) is 2.73. The highest BCUT2D eigenvalue weighted by atomic mass is 127. The molecule has 3 rings (SSSR count). The van der Waals surface area contributed by atoms with Crippen molar-refractivity contribution in [3.8, 4) is 0 Å². The number of hydrogen-bond acceptors (Lipinski definition) is 4. The monoisotopic (exact) mass is 542 g/mol. The number of benzene rings is 1. The normalized spacial score (nSPS) is 21.3. The summed E-state index contributed by atoms with van der Waals surface area (Å²) in [5, 5.41) is 3.29. The second-order valence-electron chi connectivity index (χ2n) is 7.12. The van der Waals surface area contributed by atoms with E-state index < -0.39 is 17.8 Å². The van der Waals surface area contributed by atoms with Crippen LogP contribution in [-0.2, 0) is 15.7 Å². The van der Waals surface area contributed by atoms with Gasteiger partial charge in [0.25, 0.3) is 0 Å². The third-order valence-corrected chi connectivity index (χ3v) is 5.07. The van der Waals surface area contributed by atoms with Crippen molar-refractivity contribution < 1.29 is 22.6 Å². The molecule has 170 valence electrons. The number of nitrogens with zero attached hydrogens (tertiary/aromatic N) is 3. The van der Waals surface area contributed by atoms with Gasteiger partial charge in [-0.1, -0.05) is 12.1 Å². The first-order valence-corrected chi connectivity index (χ1v) is 10.1. The van der Waals surface area contributed by atoms with E-state index in [-0.39, 0.29) is 24.0 Å². The summed E-state index contributed by atoms with van der Waals surface area (Å²) in [6.07, 6.45) is -4.78. The zero-order valence-corrected chi connectivity index (χ0v) is 19.5. The molecular weight excluding hydrogens is 512 g/mol. The van der Waals surface area contributed by atoms with Gasteiger partial charge in [-0.25, -0.2) is 0 Å². The predicted molar refractivity (Wildman–Crippen MR) is 120 cm³/mol. The summed E-state index contributed by atoms with van der Waals surface area (Å²) in [6.45, 7) is 9.15. The molecule has 1 N–H and O–H groups in total. The van der Waals surface area contributed by atoms with Gasteiger partial charge in [0.2, 0.25) is 0 Å². The third kappa shape index (κ3) is 7.24. The lowest BCUT2D eigenvalue weighted by atomic mass is 10.0. The van der Waals surface area contributed by atoms with Gasteiger partial charge in [0.05, 0.1) is 38.5 Å². The largest absolute Gasteiger partial charge is 0.416 e. The number of ether oxygens (including phenoxy) is 2. The number of alkyl halides is 3. The minimum absolute atomic E-state index is 0. The van der Waals surface area contributed by atoms with Crippen molar-refractivity contribution >= 4 is 29.9 Å². The van der Waals surface area contributed by atoms with Crippen LogP contribution in [-0.4, -0.2) is 81.4 Å². The molecule has 0 amide bonds. The summed E-state index contributed by atoms with van der Waals surface area (Å²) in [7, 11) is 0.